The van der Waals surface area contributed by atoms with Crippen molar-refractivity contribution < 1.29 is 27.1 Å². The summed E-state index contributed by atoms with van der Waals surface area (Å²) in [5, 5.41) is 4.46. The van der Waals surface area contributed by atoms with Crippen LogP contribution in [0.3, 0.4) is 0 Å². The Hall–Kier alpha value is -3.34. The first kappa shape index (κ1) is 25.0. The van der Waals surface area contributed by atoms with E-state index in [-0.39, 0.29) is 40.9 Å². The molecule has 0 spiro atoms. The molecule has 1 saturated heterocycles. The van der Waals surface area contributed by atoms with Gasteiger partial charge in [-0.25, -0.2) is 14.4 Å². The maximum Gasteiger partial charge on any atom is 0.416 e. The molecular formula is C27H27F4N5O2. The smallest absolute Gasteiger partial charge is 0.373 e. The highest BCUT2D eigenvalue weighted by atomic mass is 19.4. The predicted molar refractivity (Wildman–Crippen MR) is 129 cm³/mol. The minimum absolute atomic E-state index is 0.0724. The van der Waals surface area contributed by atoms with E-state index < -0.39 is 17.6 Å². The molecule has 2 aromatic heterocycles. The van der Waals surface area contributed by atoms with Crippen LogP contribution in [0, 0.1) is 5.82 Å². The number of benzene rings is 1. The van der Waals surface area contributed by atoms with Crippen LogP contribution in [-0.4, -0.2) is 50.3 Å². The Morgan fingerprint density at radius 3 is 2.58 bits per heavy atom. The SMILES string of the molecule is CC1Cc2c(nc(C3CCOC(c4cnn(C5CC5)c4)C3)nc2-c2ccc(C(F)(F)F)cc2F)C(=O)N1C. The van der Waals surface area contributed by atoms with Gasteiger partial charge in [0.1, 0.15) is 17.3 Å². The number of carbonyl (C=O) groups excluding carboxylic acids is 1. The van der Waals surface area contributed by atoms with Gasteiger partial charge in [0.15, 0.2) is 0 Å². The van der Waals surface area contributed by atoms with Crippen molar-refractivity contribution in [1.82, 2.24) is 24.6 Å². The monoisotopic (exact) mass is 529 g/mol. The van der Waals surface area contributed by atoms with E-state index in [0.29, 0.717) is 49.4 Å². The van der Waals surface area contributed by atoms with Gasteiger partial charge in [-0.05, 0) is 57.2 Å². The van der Waals surface area contributed by atoms with Crippen molar-refractivity contribution >= 4 is 5.91 Å². The molecule has 2 aliphatic heterocycles. The molecule has 1 aliphatic carbocycles. The highest BCUT2D eigenvalue weighted by Crippen LogP contribution is 2.41. The van der Waals surface area contributed by atoms with Crippen molar-refractivity contribution in [3.63, 3.8) is 0 Å². The Kier molecular flexibility index (Phi) is 6.01. The van der Waals surface area contributed by atoms with Crippen LogP contribution in [0.2, 0.25) is 0 Å². The lowest BCUT2D eigenvalue weighted by molar-refractivity contribution is -0.137. The lowest BCUT2D eigenvalue weighted by Gasteiger charge is -2.33. The van der Waals surface area contributed by atoms with Crippen molar-refractivity contribution in [2.24, 2.45) is 0 Å². The Bertz CT molecular complexity index is 1400. The molecule has 0 radical (unpaired) electrons. The molecule has 3 atom stereocenters. The highest BCUT2D eigenvalue weighted by molar-refractivity contribution is 5.96. The van der Waals surface area contributed by atoms with Crippen molar-refractivity contribution in [2.75, 3.05) is 13.7 Å². The number of aromatic nitrogens is 4. The van der Waals surface area contributed by atoms with Crippen molar-refractivity contribution in [3.8, 4) is 11.3 Å². The second-order valence-corrected chi connectivity index (χ2v) is 10.5. The van der Waals surface area contributed by atoms with E-state index in [9.17, 15) is 18.0 Å². The van der Waals surface area contributed by atoms with Gasteiger partial charge in [0.2, 0.25) is 0 Å². The molecule has 2 fully saturated rings. The van der Waals surface area contributed by atoms with Gasteiger partial charge >= 0.3 is 6.18 Å². The molecule has 0 bridgehead atoms. The summed E-state index contributed by atoms with van der Waals surface area (Å²) in [5.74, 6) is -1.16. The minimum atomic E-state index is -4.67. The van der Waals surface area contributed by atoms with Gasteiger partial charge < -0.3 is 9.64 Å². The molecule has 4 heterocycles. The predicted octanol–water partition coefficient (Wildman–Crippen LogP) is 5.48. The van der Waals surface area contributed by atoms with E-state index in [1.54, 1.807) is 11.9 Å². The van der Waals surface area contributed by atoms with Crippen LogP contribution in [0.15, 0.2) is 30.6 Å². The number of rotatable bonds is 4. The van der Waals surface area contributed by atoms with Crippen LogP contribution in [0.25, 0.3) is 11.3 Å². The fourth-order valence-electron chi connectivity index (χ4n) is 5.28. The van der Waals surface area contributed by atoms with Crippen LogP contribution in [0.1, 0.15) is 83.7 Å². The summed E-state index contributed by atoms with van der Waals surface area (Å²) in [6, 6.07) is 2.66. The first-order valence-electron chi connectivity index (χ1n) is 12.8. The molecule has 3 aromatic rings. The number of likely N-dealkylation sites (N-methyl/N-ethyl adjacent to an activating group) is 1. The van der Waals surface area contributed by atoms with Gasteiger partial charge in [-0.1, -0.05) is 0 Å². The van der Waals surface area contributed by atoms with Crippen LogP contribution in [0.4, 0.5) is 17.6 Å². The number of halogens is 4. The Balaban J connectivity index is 1.40. The molecule has 1 aromatic carbocycles. The van der Waals surface area contributed by atoms with Crippen LogP contribution in [-0.2, 0) is 17.3 Å². The van der Waals surface area contributed by atoms with E-state index in [0.717, 1.165) is 30.5 Å². The van der Waals surface area contributed by atoms with Crippen molar-refractivity contribution in [2.45, 2.75) is 69.3 Å². The fourth-order valence-corrected chi connectivity index (χ4v) is 5.28. The number of ether oxygens (including phenoxy) is 1. The zero-order valence-corrected chi connectivity index (χ0v) is 21.0. The third-order valence-electron chi connectivity index (χ3n) is 7.82. The van der Waals surface area contributed by atoms with Crippen molar-refractivity contribution in [1.29, 1.82) is 0 Å². The first-order valence-corrected chi connectivity index (χ1v) is 12.8. The topological polar surface area (TPSA) is 73.1 Å². The number of carbonyl (C=O) groups is 1. The molecule has 7 nitrogen and oxygen atoms in total. The van der Waals surface area contributed by atoms with Crippen LogP contribution in [0.5, 0.6) is 0 Å². The molecule has 1 amide bonds. The summed E-state index contributed by atoms with van der Waals surface area (Å²) in [6.07, 6.45) is 2.64. The van der Waals surface area contributed by atoms with E-state index in [4.69, 9.17) is 9.72 Å². The molecular weight excluding hydrogens is 502 g/mol. The molecule has 1 saturated carbocycles. The molecule has 6 rings (SSSR count). The van der Waals surface area contributed by atoms with Gasteiger partial charge in [0, 0.05) is 48.5 Å². The summed E-state index contributed by atoms with van der Waals surface area (Å²) >= 11 is 0. The van der Waals surface area contributed by atoms with Crippen LogP contribution < -0.4 is 0 Å². The average molecular weight is 530 g/mol. The zero-order valence-electron chi connectivity index (χ0n) is 21.0. The van der Waals surface area contributed by atoms with Crippen LogP contribution >= 0.6 is 0 Å². The van der Waals surface area contributed by atoms with Crippen molar-refractivity contribution in [3.05, 3.63) is 64.6 Å². The normalized spacial score (nSPS) is 24.0. The third-order valence-corrected chi connectivity index (χ3v) is 7.82. The molecule has 3 unspecified atom stereocenters. The summed E-state index contributed by atoms with van der Waals surface area (Å²) in [7, 11) is 1.68. The summed E-state index contributed by atoms with van der Waals surface area (Å²) < 4.78 is 62.7. The Morgan fingerprint density at radius 1 is 1.11 bits per heavy atom. The Labute approximate surface area is 216 Å². The molecule has 0 N–H and O–H groups in total. The fraction of sp³-hybridized carbons (Fsp3) is 0.481. The number of hydrogen-bond donors (Lipinski definition) is 0. The largest absolute Gasteiger partial charge is 0.416 e. The van der Waals surface area contributed by atoms with Gasteiger partial charge in [0.05, 0.1) is 29.6 Å². The molecule has 38 heavy (non-hydrogen) atoms. The van der Waals surface area contributed by atoms with E-state index in [1.165, 1.54) is 0 Å². The summed E-state index contributed by atoms with van der Waals surface area (Å²) in [6.45, 7) is 2.30. The van der Waals surface area contributed by atoms with Gasteiger partial charge in [-0.2, -0.15) is 18.3 Å². The number of alkyl halides is 3. The maximum absolute atomic E-state index is 15.2. The zero-order chi connectivity index (χ0) is 26.8. The van der Waals surface area contributed by atoms with E-state index in [2.05, 4.69) is 10.1 Å². The van der Waals surface area contributed by atoms with Gasteiger partial charge in [-0.15, -0.1) is 0 Å². The maximum atomic E-state index is 15.2. The average Bonchev–Trinajstić information content (AvgIpc) is 3.63. The summed E-state index contributed by atoms with van der Waals surface area (Å²) in [4.78, 5) is 24.2. The molecule has 3 aliphatic rings. The third kappa shape index (κ3) is 4.46. The number of amides is 1. The summed E-state index contributed by atoms with van der Waals surface area (Å²) in [5.41, 5.74) is 0.612. The Morgan fingerprint density at radius 2 is 1.87 bits per heavy atom. The molecule has 200 valence electrons. The van der Waals surface area contributed by atoms with Gasteiger partial charge in [-0.3, -0.25) is 9.48 Å². The minimum Gasteiger partial charge on any atom is -0.373 e. The van der Waals surface area contributed by atoms with E-state index >= 15 is 4.39 Å². The lowest BCUT2D eigenvalue weighted by Crippen LogP contribution is -2.42. The number of nitrogens with zero attached hydrogens (tertiary/aromatic N) is 5. The first-order chi connectivity index (χ1) is 18.1. The number of hydrogen-bond acceptors (Lipinski definition) is 5. The van der Waals surface area contributed by atoms with E-state index in [1.807, 2.05) is 24.0 Å². The molecule has 11 heteroatoms. The second kappa shape index (κ2) is 9.14. The number of fused-ring (bicyclic) bond motifs is 1. The lowest BCUT2D eigenvalue weighted by atomic mass is 9.90. The standard InChI is InChI=1S/C27H27F4N5O2/c1-14-9-20-23(19-6-3-17(11-21(19)28)27(29,30)31)33-25(34-24(20)26(37)35(14)2)15-7-8-38-22(10-15)16-12-32-36(13-16)18-4-5-18/h3,6,11-15,18,22H,4-5,7-10H2,1-2H3. The second-order valence-electron chi connectivity index (χ2n) is 10.5. The quantitative estimate of drug-likeness (QED) is 0.419. The highest BCUT2D eigenvalue weighted by Gasteiger charge is 2.37. The van der Waals surface area contributed by atoms with Gasteiger partial charge in [0.25, 0.3) is 5.91 Å².